The molecule has 0 radical (unpaired) electrons. The number of halogens is 1. The summed E-state index contributed by atoms with van der Waals surface area (Å²) in [5.41, 5.74) is 3.06. The van der Waals surface area contributed by atoms with E-state index in [-0.39, 0.29) is 12.5 Å². The highest BCUT2D eigenvalue weighted by Crippen LogP contribution is 2.25. The van der Waals surface area contributed by atoms with E-state index in [2.05, 4.69) is 11.1 Å². The lowest BCUT2D eigenvalue weighted by molar-refractivity contribution is -0.143. The minimum Gasteiger partial charge on any atom is -0.370 e. The molecule has 1 aliphatic heterocycles. The molecule has 4 nitrogen and oxygen atoms in total. The summed E-state index contributed by atoms with van der Waals surface area (Å²) in [4.78, 5) is 18.1. The maximum Gasteiger partial charge on any atom is 0.248 e. The van der Waals surface area contributed by atoms with Gasteiger partial charge in [-0.25, -0.2) is 4.98 Å². The highest BCUT2D eigenvalue weighted by Gasteiger charge is 2.18. The molecule has 1 aromatic carbocycles. The van der Waals surface area contributed by atoms with Crippen LogP contribution in [-0.4, -0.2) is 35.5 Å². The van der Waals surface area contributed by atoms with Gasteiger partial charge in [0.2, 0.25) is 5.91 Å². The van der Waals surface area contributed by atoms with Crippen LogP contribution >= 0.6 is 22.9 Å². The molecule has 0 spiro atoms. The van der Waals surface area contributed by atoms with Crippen molar-refractivity contribution < 1.29 is 9.53 Å². The van der Waals surface area contributed by atoms with Gasteiger partial charge in [0.15, 0.2) is 0 Å². The van der Waals surface area contributed by atoms with Crippen molar-refractivity contribution in [3.63, 3.8) is 0 Å². The monoisotopic (exact) mass is 322 g/mol. The third kappa shape index (κ3) is 3.43. The van der Waals surface area contributed by atoms with Gasteiger partial charge in [0.25, 0.3) is 0 Å². The van der Waals surface area contributed by atoms with E-state index in [1.165, 1.54) is 0 Å². The van der Waals surface area contributed by atoms with Crippen molar-refractivity contribution in [1.29, 1.82) is 0 Å². The molecule has 6 heteroatoms. The zero-order valence-electron chi connectivity index (χ0n) is 11.4. The number of morpholine rings is 1. The van der Waals surface area contributed by atoms with Gasteiger partial charge in [-0.3, -0.25) is 4.79 Å². The summed E-state index contributed by atoms with van der Waals surface area (Å²) in [5.74, 6) is 0.476. The van der Waals surface area contributed by atoms with Crippen molar-refractivity contribution >= 4 is 28.8 Å². The summed E-state index contributed by atoms with van der Waals surface area (Å²) < 4.78 is 5.15. The van der Waals surface area contributed by atoms with Gasteiger partial charge in [-0.15, -0.1) is 22.9 Å². The molecule has 1 aliphatic rings. The number of aromatic nitrogens is 1. The van der Waals surface area contributed by atoms with Crippen LogP contribution in [0.1, 0.15) is 11.3 Å². The van der Waals surface area contributed by atoms with Crippen LogP contribution in [-0.2, 0) is 22.0 Å². The number of amides is 1. The largest absolute Gasteiger partial charge is 0.370 e. The van der Waals surface area contributed by atoms with Crippen molar-refractivity contribution in [2.75, 3.05) is 19.8 Å². The SMILES string of the molecule is O=C1COCCN1Cc1cccc(-c2nc(CCl)cs2)c1. The standard InChI is InChI=1S/C15H15ClN2O2S/c16-7-13-10-21-15(17-13)12-3-1-2-11(6-12)8-18-4-5-20-9-14(18)19/h1-3,6,10H,4-5,7-9H2. The fourth-order valence-corrected chi connectivity index (χ4v) is 3.29. The molecule has 1 amide bonds. The zero-order chi connectivity index (χ0) is 14.7. The first kappa shape index (κ1) is 14.5. The van der Waals surface area contributed by atoms with Gasteiger partial charge >= 0.3 is 0 Å². The van der Waals surface area contributed by atoms with Gasteiger partial charge in [-0.05, 0) is 11.6 Å². The molecular weight excluding hydrogens is 308 g/mol. The van der Waals surface area contributed by atoms with Crippen LogP contribution in [0.2, 0.25) is 0 Å². The van der Waals surface area contributed by atoms with Crippen molar-refractivity contribution in [3.8, 4) is 10.6 Å². The van der Waals surface area contributed by atoms with E-state index in [0.29, 0.717) is 25.6 Å². The van der Waals surface area contributed by atoms with Gasteiger partial charge < -0.3 is 9.64 Å². The fourth-order valence-electron chi connectivity index (χ4n) is 2.24. The van der Waals surface area contributed by atoms with Gasteiger partial charge in [-0.2, -0.15) is 0 Å². The number of ether oxygens (including phenoxy) is 1. The molecule has 1 aromatic heterocycles. The second-order valence-electron chi connectivity index (χ2n) is 4.85. The quantitative estimate of drug-likeness (QED) is 0.813. The third-order valence-corrected chi connectivity index (χ3v) is 4.53. The molecule has 1 saturated heterocycles. The summed E-state index contributed by atoms with van der Waals surface area (Å²) in [5, 5.41) is 2.93. The molecule has 0 N–H and O–H groups in total. The van der Waals surface area contributed by atoms with Crippen molar-refractivity contribution in [2.24, 2.45) is 0 Å². The van der Waals surface area contributed by atoms with Crippen LogP contribution in [0.3, 0.4) is 0 Å². The number of carbonyl (C=O) groups excluding carboxylic acids is 1. The Bertz CT molecular complexity index is 644. The smallest absolute Gasteiger partial charge is 0.248 e. The maximum absolute atomic E-state index is 11.8. The molecule has 0 aliphatic carbocycles. The summed E-state index contributed by atoms with van der Waals surface area (Å²) in [6.45, 7) is 2.06. The minimum absolute atomic E-state index is 0.0466. The first-order valence-electron chi connectivity index (χ1n) is 6.71. The van der Waals surface area contributed by atoms with Crippen LogP contribution in [0.5, 0.6) is 0 Å². The third-order valence-electron chi connectivity index (χ3n) is 3.32. The van der Waals surface area contributed by atoms with Crippen molar-refractivity contribution in [2.45, 2.75) is 12.4 Å². The topological polar surface area (TPSA) is 42.4 Å². The van der Waals surface area contributed by atoms with Crippen LogP contribution in [0.15, 0.2) is 29.6 Å². The highest BCUT2D eigenvalue weighted by molar-refractivity contribution is 7.13. The van der Waals surface area contributed by atoms with E-state index in [9.17, 15) is 4.79 Å². The number of rotatable bonds is 4. The molecule has 110 valence electrons. The van der Waals surface area contributed by atoms with Crippen molar-refractivity contribution in [3.05, 3.63) is 40.9 Å². The number of hydrogen-bond donors (Lipinski definition) is 0. The van der Waals surface area contributed by atoms with E-state index in [4.69, 9.17) is 16.3 Å². The predicted octanol–water partition coefficient (Wildman–Crippen LogP) is 2.91. The Balaban J connectivity index is 1.78. The molecule has 0 unspecified atom stereocenters. The lowest BCUT2D eigenvalue weighted by atomic mass is 10.1. The molecule has 2 heterocycles. The molecule has 2 aromatic rings. The molecule has 0 saturated carbocycles. The Morgan fingerprint density at radius 3 is 3.10 bits per heavy atom. The number of hydrogen-bond acceptors (Lipinski definition) is 4. The summed E-state index contributed by atoms with van der Waals surface area (Å²) in [7, 11) is 0. The average Bonchev–Trinajstić information content (AvgIpc) is 2.99. The van der Waals surface area contributed by atoms with E-state index in [1.807, 2.05) is 28.5 Å². The lowest BCUT2D eigenvalue weighted by Gasteiger charge is -2.26. The van der Waals surface area contributed by atoms with Crippen molar-refractivity contribution in [1.82, 2.24) is 9.88 Å². The molecule has 1 fully saturated rings. The van der Waals surface area contributed by atoms with Crippen LogP contribution in [0.25, 0.3) is 10.6 Å². The van der Waals surface area contributed by atoms with Gasteiger partial charge in [0.1, 0.15) is 11.6 Å². The highest BCUT2D eigenvalue weighted by atomic mass is 35.5. The summed E-state index contributed by atoms with van der Waals surface area (Å²) in [6, 6.07) is 8.14. The second kappa shape index (κ2) is 6.56. The van der Waals surface area contributed by atoms with Crippen LogP contribution in [0.4, 0.5) is 0 Å². The zero-order valence-corrected chi connectivity index (χ0v) is 13.0. The van der Waals surface area contributed by atoms with E-state index in [0.717, 1.165) is 21.8 Å². The Morgan fingerprint density at radius 1 is 1.43 bits per heavy atom. The lowest BCUT2D eigenvalue weighted by Crippen LogP contribution is -2.40. The first-order chi connectivity index (χ1) is 10.3. The predicted molar refractivity (Wildman–Crippen MR) is 83.3 cm³/mol. The maximum atomic E-state index is 11.8. The van der Waals surface area contributed by atoms with Gasteiger partial charge in [0.05, 0.1) is 18.2 Å². The van der Waals surface area contributed by atoms with Gasteiger partial charge in [-0.1, -0.05) is 18.2 Å². The molecule has 0 bridgehead atoms. The van der Waals surface area contributed by atoms with Crippen LogP contribution in [0, 0.1) is 0 Å². The summed E-state index contributed by atoms with van der Waals surface area (Å²) in [6.07, 6.45) is 0. The number of alkyl halides is 1. The van der Waals surface area contributed by atoms with E-state index >= 15 is 0 Å². The Morgan fingerprint density at radius 2 is 2.33 bits per heavy atom. The molecule has 0 atom stereocenters. The first-order valence-corrected chi connectivity index (χ1v) is 8.13. The Kier molecular flexibility index (Phi) is 4.53. The molecular formula is C15H15ClN2O2S. The average molecular weight is 323 g/mol. The normalized spacial score (nSPS) is 15.5. The fraction of sp³-hybridized carbons (Fsp3) is 0.333. The minimum atomic E-state index is 0.0466. The number of carbonyl (C=O) groups is 1. The van der Waals surface area contributed by atoms with Crippen LogP contribution < -0.4 is 0 Å². The Hall–Kier alpha value is -1.43. The number of benzene rings is 1. The molecule has 21 heavy (non-hydrogen) atoms. The number of thiazole rings is 1. The molecule has 3 rings (SSSR count). The van der Waals surface area contributed by atoms with E-state index in [1.54, 1.807) is 11.3 Å². The number of nitrogens with zero attached hydrogens (tertiary/aromatic N) is 2. The van der Waals surface area contributed by atoms with E-state index < -0.39 is 0 Å². The van der Waals surface area contributed by atoms with Gasteiger partial charge in [0, 0.05) is 24.0 Å². The second-order valence-corrected chi connectivity index (χ2v) is 5.97. The Labute approximate surface area is 132 Å². The summed E-state index contributed by atoms with van der Waals surface area (Å²) >= 11 is 7.38.